The van der Waals surface area contributed by atoms with E-state index in [1.54, 1.807) is 6.92 Å². The molecule has 5 nitrogen and oxygen atoms in total. The van der Waals surface area contributed by atoms with E-state index in [1.807, 2.05) is 37.4 Å². The molecule has 2 N–H and O–H groups in total. The SMILES string of the molecule is CC(CC(=O)O)CC(=O)NCCCN(C)c1ccccc1. The Kier molecular flexibility index (Phi) is 7.29. The minimum atomic E-state index is -0.861. The number of carboxylic acid groups (broad SMARTS) is 1. The highest BCUT2D eigenvalue weighted by Gasteiger charge is 2.12. The molecule has 116 valence electrons. The van der Waals surface area contributed by atoms with Crippen molar-refractivity contribution in [2.24, 2.45) is 5.92 Å². The van der Waals surface area contributed by atoms with Crippen molar-refractivity contribution < 1.29 is 14.7 Å². The number of rotatable bonds is 9. The summed E-state index contributed by atoms with van der Waals surface area (Å²) >= 11 is 0. The zero-order valence-electron chi connectivity index (χ0n) is 12.7. The topological polar surface area (TPSA) is 69.6 Å². The number of carbonyl (C=O) groups excluding carboxylic acids is 1. The number of anilines is 1. The lowest BCUT2D eigenvalue weighted by atomic mass is 10.0. The van der Waals surface area contributed by atoms with Crippen LogP contribution in [-0.4, -0.2) is 37.1 Å². The Bertz CT molecular complexity index is 448. The lowest BCUT2D eigenvalue weighted by Gasteiger charge is -2.19. The zero-order chi connectivity index (χ0) is 15.7. The molecule has 0 saturated carbocycles. The summed E-state index contributed by atoms with van der Waals surface area (Å²) in [4.78, 5) is 24.3. The van der Waals surface area contributed by atoms with E-state index in [2.05, 4.69) is 10.2 Å². The first-order chi connectivity index (χ1) is 9.99. The Morgan fingerprint density at radius 3 is 2.52 bits per heavy atom. The number of nitrogens with zero attached hydrogens (tertiary/aromatic N) is 1. The molecule has 1 amide bonds. The molecule has 0 aliphatic rings. The van der Waals surface area contributed by atoms with Gasteiger partial charge in [0.05, 0.1) is 0 Å². The molecule has 5 heteroatoms. The molecule has 0 saturated heterocycles. The molecular formula is C16H24N2O3. The Morgan fingerprint density at radius 1 is 1.24 bits per heavy atom. The number of carbonyl (C=O) groups is 2. The Hall–Kier alpha value is -2.04. The van der Waals surface area contributed by atoms with Crippen LogP contribution in [0.3, 0.4) is 0 Å². The van der Waals surface area contributed by atoms with Crippen molar-refractivity contribution in [3.8, 4) is 0 Å². The van der Waals surface area contributed by atoms with Gasteiger partial charge in [-0.25, -0.2) is 0 Å². The van der Waals surface area contributed by atoms with Gasteiger partial charge in [-0.1, -0.05) is 25.1 Å². The van der Waals surface area contributed by atoms with Gasteiger partial charge in [0, 0.05) is 38.7 Å². The second-order valence-corrected chi connectivity index (χ2v) is 5.37. The molecule has 0 aromatic heterocycles. The molecule has 0 fully saturated rings. The lowest BCUT2D eigenvalue weighted by Crippen LogP contribution is -2.29. The zero-order valence-corrected chi connectivity index (χ0v) is 12.7. The summed E-state index contributed by atoms with van der Waals surface area (Å²) in [5, 5.41) is 11.5. The lowest BCUT2D eigenvalue weighted by molar-refractivity contribution is -0.138. The van der Waals surface area contributed by atoms with Crippen molar-refractivity contribution >= 4 is 17.6 Å². The van der Waals surface area contributed by atoms with Crippen LogP contribution in [0.25, 0.3) is 0 Å². The third-order valence-corrected chi connectivity index (χ3v) is 3.25. The molecule has 0 heterocycles. The summed E-state index contributed by atoms with van der Waals surface area (Å²) in [6.07, 6.45) is 1.15. The van der Waals surface area contributed by atoms with Crippen molar-refractivity contribution in [2.75, 3.05) is 25.0 Å². The summed E-state index contributed by atoms with van der Waals surface area (Å²) in [5.41, 5.74) is 1.15. The van der Waals surface area contributed by atoms with Gasteiger partial charge < -0.3 is 15.3 Å². The van der Waals surface area contributed by atoms with Crippen LogP contribution in [0.2, 0.25) is 0 Å². The number of hydrogen-bond acceptors (Lipinski definition) is 3. The predicted molar refractivity (Wildman–Crippen MR) is 83.4 cm³/mol. The maximum atomic E-state index is 11.6. The quantitative estimate of drug-likeness (QED) is 0.684. The van der Waals surface area contributed by atoms with Gasteiger partial charge in [-0.15, -0.1) is 0 Å². The highest BCUT2D eigenvalue weighted by Crippen LogP contribution is 2.11. The summed E-state index contributed by atoms with van der Waals surface area (Å²) in [7, 11) is 2.02. The Labute approximate surface area is 126 Å². The fourth-order valence-electron chi connectivity index (χ4n) is 2.11. The van der Waals surface area contributed by atoms with E-state index >= 15 is 0 Å². The van der Waals surface area contributed by atoms with Crippen LogP contribution in [0.5, 0.6) is 0 Å². The van der Waals surface area contributed by atoms with Gasteiger partial charge in [0.1, 0.15) is 0 Å². The molecule has 1 unspecified atom stereocenters. The number of aliphatic carboxylic acids is 1. The highest BCUT2D eigenvalue weighted by molar-refractivity contribution is 5.77. The van der Waals surface area contributed by atoms with Gasteiger partial charge >= 0.3 is 5.97 Å². The van der Waals surface area contributed by atoms with Crippen molar-refractivity contribution in [1.82, 2.24) is 5.32 Å². The van der Waals surface area contributed by atoms with Crippen molar-refractivity contribution in [3.05, 3.63) is 30.3 Å². The summed E-state index contributed by atoms with van der Waals surface area (Å²) in [6, 6.07) is 10.1. The summed E-state index contributed by atoms with van der Waals surface area (Å²) in [6.45, 7) is 3.24. The number of benzene rings is 1. The van der Waals surface area contributed by atoms with Crippen LogP contribution in [-0.2, 0) is 9.59 Å². The molecule has 1 aromatic rings. The van der Waals surface area contributed by atoms with Crippen LogP contribution in [0.15, 0.2) is 30.3 Å². The van der Waals surface area contributed by atoms with Crippen LogP contribution < -0.4 is 10.2 Å². The van der Waals surface area contributed by atoms with Crippen molar-refractivity contribution in [1.29, 1.82) is 0 Å². The summed E-state index contributed by atoms with van der Waals surface area (Å²) in [5.74, 6) is -1.07. The average Bonchev–Trinajstić information content (AvgIpc) is 2.43. The highest BCUT2D eigenvalue weighted by atomic mass is 16.4. The minimum absolute atomic E-state index is 0.0319. The molecule has 0 aliphatic heterocycles. The first-order valence-electron chi connectivity index (χ1n) is 7.23. The summed E-state index contributed by atoms with van der Waals surface area (Å²) < 4.78 is 0. The molecule has 0 spiro atoms. The number of carboxylic acids is 1. The second kappa shape index (κ2) is 9.00. The Morgan fingerprint density at radius 2 is 1.90 bits per heavy atom. The fraction of sp³-hybridized carbons (Fsp3) is 0.500. The molecule has 21 heavy (non-hydrogen) atoms. The molecule has 1 aromatic carbocycles. The van der Waals surface area contributed by atoms with E-state index in [9.17, 15) is 9.59 Å². The first kappa shape index (κ1) is 17.0. The largest absolute Gasteiger partial charge is 0.481 e. The standard InChI is InChI=1S/C16H24N2O3/c1-13(12-16(20)21)11-15(19)17-9-6-10-18(2)14-7-4-3-5-8-14/h3-5,7-8,13H,6,9-12H2,1-2H3,(H,17,19)(H,20,21). The van der Waals surface area contributed by atoms with Gasteiger partial charge in [-0.3, -0.25) is 9.59 Å². The first-order valence-corrected chi connectivity index (χ1v) is 7.23. The van der Waals surface area contributed by atoms with E-state index in [1.165, 1.54) is 0 Å². The average molecular weight is 292 g/mol. The van der Waals surface area contributed by atoms with Crippen molar-refractivity contribution in [2.45, 2.75) is 26.2 Å². The normalized spacial score (nSPS) is 11.7. The van der Waals surface area contributed by atoms with E-state index < -0.39 is 5.97 Å². The van der Waals surface area contributed by atoms with Gasteiger partial charge in [0.25, 0.3) is 0 Å². The third-order valence-electron chi connectivity index (χ3n) is 3.25. The Balaban J connectivity index is 2.16. The van der Waals surface area contributed by atoms with Crippen LogP contribution in [0, 0.1) is 5.92 Å². The predicted octanol–water partition coefficient (Wildman–Crippen LogP) is 2.13. The molecule has 1 atom stereocenters. The molecule has 0 bridgehead atoms. The van der Waals surface area contributed by atoms with Gasteiger partial charge in [0.2, 0.25) is 5.91 Å². The van der Waals surface area contributed by atoms with Crippen LogP contribution in [0.1, 0.15) is 26.2 Å². The number of hydrogen-bond donors (Lipinski definition) is 2. The van der Waals surface area contributed by atoms with E-state index in [4.69, 9.17) is 5.11 Å². The smallest absolute Gasteiger partial charge is 0.303 e. The van der Waals surface area contributed by atoms with Gasteiger partial charge in [-0.2, -0.15) is 0 Å². The number of amides is 1. The maximum absolute atomic E-state index is 11.6. The molecule has 0 radical (unpaired) electrons. The molecular weight excluding hydrogens is 268 g/mol. The minimum Gasteiger partial charge on any atom is -0.481 e. The molecule has 1 rings (SSSR count). The van der Waals surface area contributed by atoms with E-state index in [0.29, 0.717) is 6.54 Å². The number of nitrogens with one attached hydrogen (secondary N) is 1. The van der Waals surface area contributed by atoms with Crippen LogP contribution in [0.4, 0.5) is 5.69 Å². The van der Waals surface area contributed by atoms with E-state index in [0.717, 1.165) is 18.7 Å². The maximum Gasteiger partial charge on any atom is 0.303 e. The van der Waals surface area contributed by atoms with E-state index in [-0.39, 0.29) is 24.7 Å². The fourth-order valence-corrected chi connectivity index (χ4v) is 2.11. The monoisotopic (exact) mass is 292 g/mol. The molecule has 0 aliphatic carbocycles. The van der Waals surface area contributed by atoms with Crippen molar-refractivity contribution in [3.63, 3.8) is 0 Å². The third kappa shape index (κ3) is 7.34. The van der Waals surface area contributed by atoms with Gasteiger partial charge in [0.15, 0.2) is 0 Å². The van der Waals surface area contributed by atoms with Gasteiger partial charge in [-0.05, 0) is 24.5 Å². The van der Waals surface area contributed by atoms with Crippen LogP contribution >= 0.6 is 0 Å². The second-order valence-electron chi connectivity index (χ2n) is 5.37. The number of para-hydroxylation sites is 1.